The van der Waals surface area contributed by atoms with Crippen LogP contribution in [0.15, 0.2) is 237 Å². The Morgan fingerprint density at radius 2 is 0.878 bits per heavy atom. The van der Waals surface area contributed by atoms with Gasteiger partial charge in [-0.3, -0.25) is 14.4 Å². The van der Waals surface area contributed by atoms with E-state index >= 15 is 0 Å². The number of carbonyl (C=O) groups excluding carboxylic acids is 3. The number of aryl methyl sites for hydroxylation is 3. The minimum Gasteiger partial charge on any atom is -0.369 e. The molecule has 0 unspecified atom stereocenters. The molecule has 0 spiro atoms. The van der Waals surface area contributed by atoms with E-state index in [1.54, 1.807) is 25.5 Å². The van der Waals surface area contributed by atoms with Gasteiger partial charge in [0, 0.05) is 60.7 Å². The Balaban J connectivity index is 0.000000132. The topological polar surface area (TPSA) is 112 Å². The van der Waals surface area contributed by atoms with Gasteiger partial charge in [0.05, 0.1) is 11.9 Å². The SMILES string of the molecule is CC(=O)c1cc(-c2ccc(C3=CCNCC3)cc2)c2ccc(-c3ccc(C)cc3)cc2c1.CC(=O)c1cc(-c2ccc(C3CCN(C)CC3)cc2)c2ccc(-c3ccc(C)cc3)cc2c1.CC(=O)c1cc(-c2ccc(N3CCNCC3)cc2)cc(-n2cc(-c3ccc(C)cc3)nn2)c1. The molecule has 98 heavy (non-hydrogen) atoms. The molecule has 2 N–H and O–H groups in total. The van der Waals surface area contributed by atoms with Crippen molar-refractivity contribution in [2.24, 2.45) is 0 Å². The summed E-state index contributed by atoms with van der Waals surface area (Å²) in [5.41, 5.74) is 25.1. The predicted molar refractivity (Wildman–Crippen MR) is 406 cm³/mol. The average Bonchev–Trinajstić information content (AvgIpc) is 0.879. The molecule has 4 heterocycles. The predicted octanol–water partition coefficient (Wildman–Crippen LogP) is 19.1. The number of carbonyl (C=O) groups is 3. The molecule has 3 aliphatic rings. The number of Topliss-reactive ketones (excluding diaryl/α,β-unsaturated/α-hetero) is 3. The number of aromatic nitrogens is 3. The molecule has 0 radical (unpaired) electrons. The third kappa shape index (κ3) is 15.5. The minimum atomic E-state index is 0.0226. The lowest BCUT2D eigenvalue weighted by atomic mass is 9.87. The van der Waals surface area contributed by atoms with Crippen molar-refractivity contribution < 1.29 is 14.4 Å². The third-order valence-corrected chi connectivity index (χ3v) is 19.6. The highest BCUT2D eigenvalue weighted by Crippen LogP contribution is 2.38. The highest BCUT2D eigenvalue weighted by molar-refractivity contribution is 6.07. The molecule has 0 atom stereocenters. The number of likely N-dealkylation sites (tertiary alicyclic amines) is 1. The number of ketones is 3. The highest BCUT2D eigenvalue weighted by atomic mass is 16.1. The molecule has 0 bridgehead atoms. The molecule has 3 aliphatic heterocycles. The second-order valence-electron chi connectivity index (χ2n) is 26.7. The van der Waals surface area contributed by atoms with Crippen molar-refractivity contribution in [1.29, 1.82) is 0 Å². The van der Waals surface area contributed by atoms with Gasteiger partial charge in [-0.2, -0.15) is 0 Å². The summed E-state index contributed by atoms with van der Waals surface area (Å²) in [6, 6.07) is 79.0. The van der Waals surface area contributed by atoms with Crippen LogP contribution in [0.1, 0.15) is 105 Å². The lowest BCUT2D eigenvalue weighted by molar-refractivity contribution is 0.100. The summed E-state index contributed by atoms with van der Waals surface area (Å²) in [4.78, 5) is 41.7. The quantitative estimate of drug-likeness (QED) is 0.109. The molecule has 0 saturated carbocycles. The Hall–Kier alpha value is -10.5. The first kappa shape index (κ1) is 66.1. The number of benzene rings is 11. The molecule has 2 saturated heterocycles. The van der Waals surface area contributed by atoms with Crippen molar-refractivity contribution in [2.75, 3.05) is 64.3 Å². The van der Waals surface area contributed by atoms with Crippen molar-refractivity contribution in [3.05, 3.63) is 281 Å². The molecule has 490 valence electrons. The van der Waals surface area contributed by atoms with E-state index in [1.807, 2.05) is 48.7 Å². The maximum Gasteiger partial charge on any atom is 0.159 e. The van der Waals surface area contributed by atoms with Gasteiger partial charge in [0.1, 0.15) is 5.69 Å². The summed E-state index contributed by atoms with van der Waals surface area (Å²) in [5.74, 6) is 0.856. The van der Waals surface area contributed by atoms with Gasteiger partial charge in [0.15, 0.2) is 17.3 Å². The van der Waals surface area contributed by atoms with E-state index in [4.69, 9.17) is 0 Å². The van der Waals surface area contributed by atoms with Crippen LogP contribution in [-0.2, 0) is 0 Å². The van der Waals surface area contributed by atoms with E-state index < -0.39 is 0 Å². The second-order valence-corrected chi connectivity index (χ2v) is 26.7. The largest absolute Gasteiger partial charge is 0.369 e. The van der Waals surface area contributed by atoms with Gasteiger partial charge in [0.25, 0.3) is 0 Å². The van der Waals surface area contributed by atoms with Crippen LogP contribution in [-0.4, -0.2) is 96.6 Å². The number of fused-ring (bicyclic) bond motifs is 2. The number of anilines is 1. The van der Waals surface area contributed by atoms with Gasteiger partial charge < -0.3 is 20.4 Å². The molecule has 11 aromatic carbocycles. The number of hydrogen-bond acceptors (Lipinski definition) is 9. The highest BCUT2D eigenvalue weighted by Gasteiger charge is 2.21. The smallest absolute Gasteiger partial charge is 0.159 e. The van der Waals surface area contributed by atoms with Crippen LogP contribution >= 0.6 is 0 Å². The van der Waals surface area contributed by atoms with E-state index in [1.165, 1.54) is 98.0 Å². The number of nitrogens with zero attached hydrogens (tertiary/aromatic N) is 5. The normalized spacial score (nSPS) is 14.2. The fourth-order valence-electron chi connectivity index (χ4n) is 13.6. The Morgan fingerprint density at radius 3 is 1.39 bits per heavy atom. The zero-order valence-electron chi connectivity index (χ0n) is 57.3. The van der Waals surface area contributed by atoms with Crippen LogP contribution in [0.3, 0.4) is 0 Å². The van der Waals surface area contributed by atoms with Crippen molar-refractivity contribution in [2.45, 2.75) is 66.7 Å². The molecule has 15 rings (SSSR count). The Kier molecular flexibility index (Phi) is 20.2. The van der Waals surface area contributed by atoms with Gasteiger partial charge in [-0.1, -0.05) is 186 Å². The summed E-state index contributed by atoms with van der Waals surface area (Å²) < 4.78 is 1.74. The van der Waals surface area contributed by atoms with E-state index in [9.17, 15) is 14.4 Å². The lowest BCUT2D eigenvalue weighted by Crippen LogP contribution is -2.43. The molecule has 10 heteroatoms. The number of rotatable bonds is 13. The molecule has 1 aromatic heterocycles. The van der Waals surface area contributed by atoms with Crippen molar-refractivity contribution in [3.8, 4) is 72.6 Å². The number of piperazine rings is 1. The monoisotopic (exact) mass is 1290 g/mol. The van der Waals surface area contributed by atoms with Crippen LogP contribution < -0.4 is 15.5 Å². The zero-order valence-corrected chi connectivity index (χ0v) is 57.3. The summed E-state index contributed by atoms with van der Waals surface area (Å²) in [6.07, 6.45) is 7.68. The van der Waals surface area contributed by atoms with Gasteiger partial charge in [-0.05, 0) is 254 Å². The average molecular weight is 1290 g/mol. The number of nitrogens with one attached hydrogen (secondary N) is 2. The minimum absolute atomic E-state index is 0.0226. The van der Waals surface area contributed by atoms with Gasteiger partial charge in [-0.25, -0.2) is 4.68 Å². The number of hydrogen-bond donors (Lipinski definition) is 2. The zero-order chi connectivity index (χ0) is 67.8. The first-order chi connectivity index (χ1) is 47.6. The first-order valence-electron chi connectivity index (χ1n) is 34.5. The fourth-order valence-corrected chi connectivity index (χ4v) is 13.6. The van der Waals surface area contributed by atoms with Gasteiger partial charge in [-0.15, -0.1) is 5.10 Å². The van der Waals surface area contributed by atoms with E-state index in [0.29, 0.717) is 11.5 Å². The molecule has 2 fully saturated rings. The second kappa shape index (κ2) is 29.9. The third-order valence-electron chi connectivity index (χ3n) is 19.6. The summed E-state index contributed by atoms with van der Waals surface area (Å²) in [5, 5.41) is 20.0. The molecular weight excluding hydrogens is 1200 g/mol. The molecule has 0 amide bonds. The van der Waals surface area contributed by atoms with E-state index in [2.05, 4.69) is 247 Å². The van der Waals surface area contributed by atoms with Crippen LogP contribution in [0.25, 0.3) is 99.7 Å². The molecule has 10 nitrogen and oxygen atoms in total. The standard InChI is InChI=1S/C31H31NO.C30H27NO.C27H27N5O/c1-21-4-6-24(7-5-21)27-12-13-30-29(18-27)19-28(22(2)33)20-31(30)26-10-8-23(9-11-26)25-14-16-32(3)17-15-25;1-20-3-5-23(6-4-20)26-11-12-29-28(17-26)18-27(21(2)32)19-30(29)25-9-7-22(8-10-25)24-13-15-31-16-14-24;1-19-3-5-22(6-4-19)27-18-32(30-29-27)26-16-23(20(2)33)15-24(17-26)21-7-9-25(10-8-21)31-13-11-28-12-14-31/h4-13,18-20,25H,14-17H2,1-3H3;3-13,17-19,31H,14-16H2,1-2H3;3-10,15-18,28H,11-14H2,1-2H3. The number of piperidine rings is 1. The Bertz CT molecular complexity index is 4880. The summed E-state index contributed by atoms with van der Waals surface area (Å²) >= 11 is 0. The maximum atomic E-state index is 12.3. The van der Waals surface area contributed by atoms with Crippen molar-refractivity contribution in [3.63, 3.8) is 0 Å². The molecule has 0 aliphatic carbocycles. The molecular formula is C88H85N7O3. The van der Waals surface area contributed by atoms with Gasteiger partial charge >= 0.3 is 0 Å². The van der Waals surface area contributed by atoms with Crippen molar-refractivity contribution in [1.82, 2.24) is 30.5 Å². The van der Waals surface area contributed by atoms with Gasteiger partial charge in [0.2, 0.25) is 0 Å². The van der Waals surface area contributed by atoms with Crippen LogP contribution in [0, 0.1) is 20.8 Å². The van der Waals surface area contributed by atoms with Crippen LogP contribution in [0.4, 0.5) is 5.69 Å². The van der Waals surface area contributed by atoms with Crippen molar-refractivity contribution >= 4 is 50.2 Å². The van der Waals surface area contributed by atoms with E-state index in [0.717, 1.165) is 118 Å². The first-order valence-corrected chi connectivity index (χ1v) is 34.5. The van der Waals surface area contributed by atoms with Crippen LogP contribution in [0.2, 0.25) is 0 Å². The fraction of sp³-hybridized carbons (Fsp3) is 0.216. The Labute approximate surface area is 576 Å². The maximum absolute atomic E-state index is 12.3. The molecule has 12 aromatic rings. The summed E-state index contributed by atoms with van der Waals surface area (Å²) in [7, 11) is 2.21. The van der Waals surface area contributed by atoms with E-state index in [-0.39, 0.29) is 17.3 Å². The Morgan fingerprint density at radius 1 is 0.418 bits per heavy atom. The summed E-state index contributed by atoms with van der Waals surface area (Å²) in [6.45, 7) is 19.5. The van der Waals surface area contributed by atoms with Crippen LogP contribution in [0.5, 0.6) is 0 Å². The lowest BCUT2D eigenvalue weighted by Gasteiger charge is -2.29.